The summed E-state index contributed by atoms with van der Waals surface area (Å²) in [5.74, 6) is 0. The van der Waals surface area contributed by atoms with E-state index in [1.54, 1.807) is 4.68 Å². The van der Waals surface area contributed by atoms with Crippen LogP contribution in [-0.2, 0) is 13.6 Å². The van der Waals surface area contributed by atoms with Crippen molar-refractivity contribution in [2.45, 2.75) is 25.8 Å². The lowest BCUT2D eigenvalue weighted by Crippen LogP contribution is -2.46. The van der Waals surface area contributed by atoms with Gasteiger partial charge in [-0.15, -0.1) is 5.10 Å². The van der Waals surface area contributed by atoms with E-state index in [2.05, 4.69) is 20.1 Å². The average Bonchev–Trinajstić information content (AvgIpc) is 2.82. The summed E-state index contributed by atoms with van der Waals surface area (Å²) in [6.45, 7) is 7.58. The van der Waals surface area contributed by atoms with E-state index in [-0.39, 0.29) is 0 Å². The Kier molecular flexibility index (Phi) is 5.75. The molecule has 1 aromatic heterocycles. The molecule has 0 spiro atoms. The van der Waals surface area contributed by atoms with E-state index in [0.29, 0.717) is 0 Å². The number of aryl methyl sites for hydroxylation is 1. The standard InChI is InChI=1S/C13H26N6/c1-17-11-13(15-16-17)12-19-9-7-18(8-10-19)6-4-2-3-5-14/h11H,2-10,12,14H2,1H3. The molecule has 6 heteroatoms. The minimum atomic E-state index is 0.825. The van der Waals surface area contributed by atoms with Crippen LogP contribution >= 0.6 is 0 Å². The van der Waals surface area contributed by atoms with E-state index >= 15 is 0 Å². The quantitative estimate of drug-likeness (QED) is 0.707. The molecule has 6 nitrogen and oxygen atoms in total. The van der Waals surface area contributed by atoms with Gasteiger partial charge in [-0.25, -0.2) is 0 Å². The summed E-state index contributed by atoms with van der Waals surface area (Å²) < 4.78 is 1.77. The first kappa shape index (κ1) is 14.4. The maximum absolute atomic E-state index is 5.51. The lowest BCUT2D eigenvalue weighted by atomic mass is 10.2. The summed E-state index contributed by atoms with van der Waals surface area (Å²) in [7, 11) is 1.91. The molecular weight excluding hydrogens is 240 g/mol. The first-order chi connectivity index (χ1) is 9.28. The highest BCUT2D eigenvalue weighted by atomic mass is 15.4. The van der Waals surface area contributed by atoms with E-state index in [1.165, 1.54) is 32.5 Å². The number of nitrogens with zero attached hydrogens (tertiary/aromatic N) is 5. The molecule has 0 unspecified atom stereocenters. The zero-order valence-corrected chi connectivity index (χ0v) is 12.0. The largest absolute Gasteiger partial charge is 0.330 e. The predicted molar refractivity (Wildman–Crippen MR) is 75.6 cm³/mol. The molecule has 2 N–H and O–H groups in total. The van der Waals surface area contributed by atoms with Gasteiger partial charge >= 0.3 is 0 Å². The first-order valence-electron chi connectivity index (χ1n) is 7.28. The van der Waals surface area contributed by atoms with Crippen LogP contribution in [0.1, 0.15) is 25.0 Å². The molecule has 1 aromatic rings. The minimum absolute atomic E-state index is 0.825. The Bertz CT molecular complexity index is 356. The van der Waals surface area contributed by atoms with Gasteiger partial charge in [0.05, 0.1) is 5.69 Å². The average molecular weight is 266 g/mol. The number of nitrogens with two attached hydrogens (primary N) is 1. The number of piperazine rings is 1. The van der Waals surface area contributed by atoms with Crippen molar-refractivity contribution in [2.75, 3.05) is 39.3 Å². The van der Waals surface area contributed by atoms with Crippen LogP contribution in [0.25, 0.3) is 0 Å². The minimum Gasteiger partial charge on any atom is -0.330 e. The molecule has 0 aliphatic carbocycles. The van der Waals surface area contributed by atoms with Gasteiger partial charge in [-0.05, 0) is 25.9 Å². The zero-order chi connectivity index (χ0) is 13.5. The van der Waals surface area contributed by atoms with Gasteiger partial charge in [0.1, 0.15) is 0 Å². The molecule has 1 aliphatic heterocycles. The van der Waals surface area contributed by atoms with E-state index < -0.39 is 0 Å². The van der Waals surface area contributed by atoms with Gasteiger partial charge in [-0.2, -0.15) is 0 Å². The third-order valence-corrected chi connectivity index (χ3v) is 3.68. The first-order valence-corrected chi connectivity index (χ1v) is 7.28. The topological polar surface area (TPSA) is 63.2 Å². The zero-order valence-electron chi connectivity index (χ0n) is 12.0. The summed E-state index contributed by atoms with van der Waals surface area (Å²) >= 11 is 0. The maximum Gasteiger partial charge on any atom is 0.0967 e. The van der Waals surface area contributed by atoms with Crippen LogP contribution in [0.4, 0.5) is 0 Å². The van der Waals surface area contributed by atoms with Gasteiger partial charge in [0.25, 0.3) is 0 Å². The van der Waals surface area contributed by atoms with Gasteiger partial charge < -0.3 is 10.6 Å². The molecule has 1 aliphatic rings. The Hall–Kier alpha value is -0.980. The Balaban J connectivity index is 1.62. The molecule has 0 saturated carbocycles. The molecule has 0 bridgehead atoms. The smallest absolute Gasteiger partial charge is 0.0967 e. The molecule has 0 aromatic carbocycles. The molecule has 0 amide bonds. The summed E-state index contributed by atoms with van der Waals surface area (Å²) in [4.78, 5) is 5.02. The van der Waals surface area contributed by atoms with Crippen molar-refractivity contribution in [3.05, 3.63) is 11.9 Å². The fourth-order valence-electron chi connectivity index (χ4n) is 2.52. The van der Waals surface area contributed by atoms with Crippen LogP contribution in [0.5, 0.6) is 0 Å². The number of hydrogen-bond donors (Lipinski definition) is 1. The van der Waals surface area contributed by atoms with Crippen LogP contribution in [0.3, 0.4) is 0 Å². The highest BCUT2D eigenvalue weighted by molar-refractivity contribution is 4.92. The van der Waals surface area contributed by atoms with Crippen molar-refractivity contribution in [1.29, 1.82) is 0 Å². The lowest BCUT2D eigenvalue weighted by molar-refractivity contribution is 0.124. The second kappa shape index (κ2) is 7.57. The second-order valence-corrected chi connectivity index (χ2v) is 5.35. The molecule has 2 heterocycles. The van der Waals surface area contributed by atoms with Crippen molar-refractivity contribution in [3.8, 4) is 0 Å². The lowest BCUT2D eigenvalue weighted by Gasteiger charge is -2.34. The third-order valence-electron chi connectivity index (χ3n) is 3.68. The number of unbranched alkanes of at least 4 members (excludes halogenated alkanes) is 2. The van der Waals surface area contributed by atoms with E-state index in [1.807, 2.05) is 13.2 Å². The summed E-state index contributed by atoms with van der Waals surface area (Å²) in [5, 5.41) is 8.12. The van der Waals surface area contributed by atoms with Crippen LogP contribution in [0.2, 0.25) is 0 Å². The van der Waals surface area contributed by atoms with Gasteiger partial charge in [-0.3, -0.25) is 9.58 Å². The molecule has 2 rings (SSSR count). The molecule has 0 radical (unpaired) electrons. The van der Waals surface area contributed by atoms with Gasteiger partial charge in [0.2, 0.25) is 0 Å². The van der Waals surface area contributed by atoms with Crippen molar-refractivity contribution >= 4 is 0 Å². The van der Waals surface area contributed by atoms with Crippen LogP contribution in [0, 0.1) is 0 Å². The maximum atomic E-state index is 5.51. The summed E-state index contributed by atoms with van der Waals surface area (Å²) in [6.07, 6.45) is 5.70. The fourth-order valence-corrected chi connectivity index (χ4v) is 2.52. The number of rotatable bonds is 7. The monoisotopic (exact) mass is 266 g/mol. The molecule has 0 atom stereocenters. The van der Waals surface area contributed by atoms with E-state index in [4.69, 9.17) is 5.73 Å². The van der Waals surface area contributed by atoms with Crippen molar-refractivity contribution < 1.29 is 0 Å². The van der Waals surface area contributed by atoms with E-state index in [0.717, 1.165) is 38.3 Å². The highest BCUT2D eigenvalue weighted by Gasteiger charge is 2.17. The molecule has 1 fully saturated rings. The fraction of sp³-hybridized carbons (Fsp3) is 0.846. The molecule has 1 saturated heterocycles. The van der Waals surface area contributed by atoms with Crippen LogP contribution in [-0.4, -0.2) is 64.1 Å². The Morgan fingerprint density at radius 1 is 1.11 bits per heavy atom. The predicted octanol–water partition coefficient (Wildman–Crippen LogP) is 0.0617. The summed E-state index contributed by atoms with van der Waals surface area (Å²) in [5.41, 5.74) is 6.58. The van der Waals surface area contributed by atoms with Crippen molar-refractivity contribution in [2.24, 2.45) is 12.8 Å². The van der Waals surface area contributed by atoms with Gasteiger partial charge in [0.15, 0.2) is 0 Å². The Labute approximate surface area is 115 Å². The molecule has 108 valence electrons. The normalized spacial score (nSPS) is 18.0. The number of aromatic nitrogens is 3. The third kappa shape index (κ3) is 4.89. The molecule has 19 heavy (non-hydrogen) atoms. The van der Waals surface area contributed by atoms with E-state index in [9.17, 15) is 0 Å². The summed E-state index contributed by atoms with van der Waals surface area (Å²) in [6, 6.07) is 0. The highest BCUT2D eigenvalue weighted by Crippen LogP contribution is 2.07. The number of hydrogen-bond acceptors (Lipinski definition) is 5. The SMILES string of the molecule is Cn1cc(CN2CCN(CCCCCN)CC2)nn1. The van der Waals surface area contributed by atoms with Crippen molar-refractivity contribution in [3.63, 3.8) is 0 Å². The van der Waals surface area contributed by atoms with Crippen LogP contribution < -0.4 is 5.73 Å². The van der Waals surface area contributed by atoms with Crippen molar-refractivity contribution in [1.82, 2.24) is 24.8 Å². The van der Waals surface area contributed by atoms with Gasteiger partial charge in [-0.1, -0.05) is 11.6 Å². The molecular formula is C13H26N6. The van der Waals surface area contributed by atoms with Crippen LogP contribution in [0.15, 0.2) is 6.20 Å². The Morgan fingerprint density at radius 3 is 2.47 bits per heavy atom. The second-order valence-electron chi connectivity index (χ2n) is 5.35. The van der Waals surface area contributed by atoms with Gasteiger partial charge in [0, 0.05) is 46.0 Å². The Morgan fingerprint density at radius 2 is 1.84 bits per heavy atom.